The van der Waals surface area contributed by atoms with Crippen LogP contribution in [0.25, 0.3) is 10.2 Å². The number of thiazole rings is 1. The van der Waals surface area contributed by atoms with E-state index >= 15 is 0 Å². The number of benzene rings is 2. The first kappa shape index (κ1) is 24.4. The Kier molecular flexibility index (Phi) is 6.54. The van der Waals surface area contributed by atoms with Gasteiger partial charge in [-0.15, -0.1) is 11.3 Å². The Hall–Kier alpha value is -3.28. The van der Waals surface area contributed by atoms with Gasteiger partial charge in [0.25, 0.3) is 15.9 Å². The predicted molar refractivity (Wildman–Crippen MR) is 139 cm³/mol. The zero-order chi connectivity index (χ0) is 25.3. The number of sulfonamides is 1. The average Bonchev–Trinajstić information content (AvgIpc) is 3.53. The number of hydrogen-bond donors (Lipinski definition) is 2. The molecule has 188 valence electrons. The maximum atomic E-state index is 13.0. The molecule has 0 bridgehead atoms. The van der Waals surface area contributed by atoms with Crippen LogP contribution >= 0.6 is 11.3 Å². The van der Waals surface area contributed by atoms with Crippen LogP contribution < -0.4 is 4.72 Å². The molecule has 1 amide bonds. The van der Waals surface area contributed by atoms with Crippen LogP contribution in [0.3, 0.4) is 0 Å². The van der Waals surface area contributed by atoms with E-state index in [1.807, 2.05) is 23.9 Å². The van der Waals surface area contributed by atoms with Crippen LogP contribution in [0.15, 0.2) is 65.3 Å². The third kappa shape index (κ3) is 4.99. The molecule has 0 aliphatic carbocycles. The number of fused-ring (bicyclic) bond motifs is 1. The lowest BCUT2D eigenvalue weighted by Gasteiger charge is -2.38. The van der Waals surface area contributed by atoms with Crippen molar-refractivity contribution in [3.63, 3.8) is 0 Å². The topological polar surface area (TPSA) is 117 Å². The molecule has 1 saturated heterocycles. The van der Waals surface area contributed by atoms with Gasteiger partial charge in [0.15, 0.2) is 0 Å². The van der Waals surface area contributed by atoms with Crippen molar-refractivity contribution in [2.24, 2.45) is 0 Å². The summed E-state index contributed by atoms with van der Waals surface area (Å²) in [7, 11) is -3.84. The Bertz CT molecular complexity index is 1490. The predicted octanol–water partition coefficient (Wildman–Crippen LogP) is 3.52. The minimum Gasteiger partial charge on any atom is -0.389 e. The molecule has 11 heteroatoms. The molecule has 9 nitrogen and oxygen atoms in total. The number of carbonyl (C=O) groups is 1. The minimum atomic E-state index is -3.84. The number of hydrogen-bond acceptors (Lipinski definition) is 7. The fraction of sp³-hybridized carbons (Fsp3) is 0.320. The highest BCUT2D eigenvalue weighted by atomic mass is 32.2. The molecule has 1 aliphatic heterocycles. The molecule has 2 aromatic heterocycles. The van der Waals surface area contributed by atoms with Crippen LogP contribution in [-0.4, -0.2) is 57.8 Å². The van der Waals surface area contributed by atoms with E-state index in [1.165, 1.54) is 17.4 Å². The molecular formula is C25H27N5O4S2. The van der Waals surface area contributed by atoms with Crippen LogP contribution in [0.1, 0.15) is 35.7 Å². The fourth-order valence-corrected chi connectivity index (χ4v) is 6.50. The van der Waals surface area contributed by atoms with Gasteiger partial charge in [-0.25, -0.2) is 13.4 Å². The second kappa shape index (κ2) is 9.64. The number of carbonyl (C=O) groups excluding carboxylic acids is 1. The van der Waals surface area contributed by atoms with Crippen molar-refractivity contribution in [2.75, 3.05) is 17.8 Å². The molecular weight excluding hydrogens is 498 g/mol. The largest absolute Gasteiger partial charge is 0.389 e. The summed E-state index contributed by atoms with van der Waals surface area (Å²) in [5.74, 6) is -0.141. The van der Waals surface area contributed by atoms with Crippen LogP contribution in [0.5, 0.6) is 0 Å². The second-order valence-corrected chi connectivity index (χ2v) is 11.6. The van der Waals surface area contributed by atoms with E-state index in [9.17, 15) is 18.3 Å². The number of para-hydroxylation sites is 1. The van der Waals surface area contributed by atoms with E-state index in [0.717, 1.165) is 16.8 Å². The molecule has 4 aromatic rings. The summed E-state index contributed by atoms with van der Waals surface area (Å²) in [6.07, 6.45) is 5.21. The first-order valence-corrected chi connectivity index (χ1v) is 14.1. The molecule has 0 unspecified atom stereocenters. The molecule has 0 spiro atoms. The van der Waals surface area contributed by atoms with Crippen LogP contribution in [0.4, 0.5) is 5.69 Å². The Balaban J connectivity index is 1.21. The molecule has 0 radical (unpaired) electrons. The van der Waals surface area contributed by atoms with E-state index < -0.39 is 15.6 Å². The highest BCUT2D eigenvalue weighted by Crippen LogP contribution is 2.29. The van der Waals surface area contributed by atoms with Gasteiger partial charge in [-0.2, -0.15) is 5.10 Å². The van der Waals surface area contributed by atoms with Gasteiger partial charge >= 0.3 is 0 Å². The maximum absolute atomic E-state index is 13.0. The normalized spacial score (nSPS) is 15.8. The molecule has 1 aliphatic rings. The van der Waals surface area contributed by atoms with Gasteiger partial charge in [0.05, 0.1) is 22.0 Å². The smallest absolute Gasteiger partial charge is 0.264 e. The first-order valence-electron chi connectivity index (χ1n) is 11.7. The zero-order valence-electron chi connectivity index (χ0n) is 19.8. The van der Waals surface area contributed by atoms with E-state index in [-0.39, 0.29) is 10.8 Å². The molecule has 3 heterocycles. The van der Waals surface area contributed by atoms with Gasteiger partial charge in [-0.3, -0.25) is 14.2 Å². The van der Waals surface area contributed by atoms with E-state index in [4.69, 9.17) is 0 Å². The third-order valence-electron chi connectivity index (χ3n) is 6.52. The molecule has 0 atom stereocenters. The van der Waals surface area contributed by atoms with E-state index in [2.05, 4.69) is 14.8 Å². The molecule has 1 fully saturated rings. The standard InChI is InChI=1S/C25H27N5O4S2/c1-2-30-16-18(15-27-30)14-25(32)10-12-29(13-11-25)24(31)19-6-8-20(9-7-19)28-36(33,34)22-5-3-4-21-23(22)26-17-35-21/h3-9,15-17,28,32H,2,10-14H2,1H3. The van der Waals surface area contributed by atoms with Crippen molar-refractivity contribution >= 4 is 43.2 Å². The Labute approximate surface area is 213 Å². The second-order valence-electron chi connectivity index (χ2n) is 9.04. The average molecular weight is 526 g/mol. The SMILES string of the molecule is CCn1cc(CC2(O)CCN(C(=O)c3ccc(NS(=O)(=O)c4cccc5scnc45)cc3)CC2)cn1. The van der Waals surface area contributed by atoms with Crippen LogP contribution in [0, 0.1) is 0 Å². The summed E-state index contributed by atoms with van der Waals surface area (Å²) in [5, 5.41) is 15.3. The summed E-state index contributed by atoms with van der Waals surface area (Å²) in [5.41, 5.74) is 3.01. The lowest BCUT2D eigenvalue weighted by atomic mass is 9.86. The van der Waals surface area contributed by atoms with Gasteiger partial charge in [0.1, 0.15) is 10.4 Å². The number of anilines is 1. The Morgan fingerprint density at radius 1 is 1.17 bits per heavy atom. The van der Waals surface area contributed by atoms with Gasteiger partial charge in [-0.1, -0.05) is 6.07 Å². The number of aryl methyl sites for hydroxylation is 1. The summed E-state index contributed by atoms with van der Waals surface area (Å²) in [4.78, 5) is 19.1. The number of nitrogens with one attached hydrogen (secondary N) is 1. The molecule has 0 saturated carbocycles. The highest BCUT2D eigenvalue weighted by Gasteiger charge is 2.34. The van der Waals surface area contributed by atoms with Gasteiger partial charge in [-0.05, 0) is 61.7 Å². The number of rotatable bonds is 7. The van der Waals surface area contributed by atoms with Crippen molar-refractivity contribution < 1.29 is 18.3 Å². The lowest BCUT2D eigenvalue weighted by Crippen LogP contribution is -2.47. The van der Waals surface area contributed by atoms with Gasteiger partial charge < -0.3 is 10.0 Å². The van der Waals surface area contributed by atoms with Gasteiger partial charge in [0, 0.05) is 43.5 Å². The minimum absolute atomic E-state index is 0.115. The fourth-order valence-electron chi connectivity index (χ4n) is 4.50. The number of aromatic nitrogens is 3. The lowest BCUT2D eigenvalue weighted by molar-refractivity contribution is -0.0162. The number of piperidine rings is 1. The molecule has 5 rings (SSSR count). The van der Waals surface area contributed by atoms with Crippen molar-refractivity contribution in [3.8, 4) is 0 Å². The maximum Gasteiger partial charge on any atom is 0.264 e. The molecule has 2 aromatic carbocycles. The third-order valence-corrected chi connectivity index (χ3v) is 8.73. The quantitative estimate of drug-likeness (QED) is 0.381. The number of likely N-dealkylation sites (tertiary alicyclic amines) is 1. The van der Waals surface area contributed by atoms with E-state index in [0.29, 0.717) is 49.1 Å². The van der Waals surface area contributed by atoms with Crippen molar-refractivity contribution in [1.29, 1.82) is 0 Å². The van der Waals surface area contributed by atoms with Crippen molar-refractivity contribution in [1.82, 2.24) is 19.7 Å². The monoisotopic (exact) mass is 525 g/mol. The summed E-state index contributed by atoms with van der Waals surface area (Å²) >= 11 is 1.38. The van der Waals surface area contributed by atoms with Crippen molar-refractivity contribution in [3.05, 3.63) is 71.5 Å². The highest BCUT2D eigenvalue weighted by molar-refractivity contribution is 7.93. The number of nitrogens with zero attached hydrogens (tertiary/aromatic N) is 4. The Morgan fingerprint density at radius 3 is 2.61 bits per heavy atom. The van der Waals surface area contributed by atoms with Crippen LogP contribution in [0.2, 0.25) is 0 Å². The first-order chi connectivity index (χ1) is 17.3. The van der Waals surface area contributed by atoms with E-state index in [1.54, 1.807) is 46.9 Å². The van der Waals surface area contributed by atoms with Crippen LogP contribution in [-0.2, 0) is 23.0 Å². The van der Waals surface area contributed by atoms with Crippen molar-refractivity contribution in [2.45, 2.75) is 43.2 Å². The zero-order valence-corrected chi connectivity index (χ0v) is 21.4. The number of amides is 1. The summed E-state index contributed by atoms with van der Waals surface area (Å²) in [6.45, 7) is 3.69. The van der Waals surface area contributed by atoms with Gasteiger partial charge in [0.2, 0.25) is 0 Å². The Morgan fingerprint density at radius 2 is 1.92 bits per heavy atom. The molecule has 2 N–H and O–H groups in total. The summed E-state index contributed by atoms with van der Waals surface area (Å²) in [6, 6.07) is 11.4. The number of aliphatic hydroxyl groups is 1. The molecule has 36 heavy (non-hydrogen) atoms. The summed E-state index contributed by atoms with van der Waals surface area (Å²) < 4.78 is 31.1.